The third-order valence-corrected chi connectivity index (χ3v) is 6.32. The SMILES string of the molecule is C=C(CCCC)N1CCN(C(=C)c2ccc3c(Cl)c(F)c(-c4cc[n-]c4)nc3c2)CC1.[Na+]. The average molecular weight is 461 g/mol. The number of piperazine rings is 1. The van der Waals surface area contributed by atoms with Gasteiger partial charge >= 0.3 is 29.6 Å². The quantitative estimate of drug-likeness (QED) is 0.508. The van der Waals surface area contributed by atoms with E-state index in [1.807, 2.05) is 18.2 Å². The first-order valence-electron chi connectivity index (χ1n) is 10.7. The van der Waals surface area contributed by atoms with Crippen LogP contribution in [0.25, 0.3) is 27.9 Å². The van der Waals surface area contributed by atoms with Gasteiger partial charge < -0.3 is 14.8 Å². The first kappa shape index (κ1) is 24.8. The van der Waals surface area contributed by atoms with E-state index in [4.69, 9.17) is 11.6 Å². The van der Waals surface area contributed by atoms with Crippen LogP contribution < -0.4 is 34.5 Å². The Hall–Kier alpha value is -1.79. The normalized spacial score (nSPS) is 13.8. The smallest absolute Gasteiger partial charge is 0.670 e. The number of allylic oxidation sites excluding steroid dienone is 1. The third kappa shape index (κ3) is 5.07. The van der Waals surface area contributed by atoms with Crippen molar-refractivity contribution in [3.8, 4) is 11.3 Å². The number of hydrogen-bond donors (Lipinski definition) is 0. The zero-order chi connectivity index (χ0) is 22.0. The zero-order valence-electron chi connectivity index (χ0n) is 18.9. The van der Waals surface area contributed by atoms with Crippen molar-refractivity contribution >= 4 is 28.2 Å². The summed E-state index contributed by atoms with van der Waals surface area (Å²) in [5.41, 5.74) is 4.62. The summed E-state index contributed by atoms with van der Waals surface area (Å²) in [6, 6.07) is 7.43. The number of benzene rings is 1. The largest absolute Gasteiger partial charge is 1.00 e. The van der Waals surface area contributed by atoms with Gasteiger partial charge in [0.05, 0.1) is 10.5 Å². The maximum absolute atomic E-state index is 14.8. The summed E-state index contributed by atoms with van der Waals surface area (Å²) < 4.78 is 14.8. The van der Waals surface area contributed by atoms with Crippen molar-refractivity contribution in [2.24, 2.45) is 0 Å². The van der Waals surface area contributed by atoms with Crippen LogP contribution in [0.3, 0.4) is 0 Å². The molecule has 1 fully saturated rings. The number of unbranched alkanes of at least 4 members (excludes halogenated alkanes) is 1. The fraction of sp³-hybridized carbons (Fsp3) is 0.320. The van der Waals surface area contributed by atoms with Crippen molar-refractivity contribution in [2.45, 2.75) is 26.2 Å². The van der Waals surface area contributed by atoms with E-state index in [-0.39, 0.29) is 40.3 Å². The molecule has 1 aliphatic rings. The van der Waals surface area contributed by atoms with Crippen LogP contribution in [0.4, 0.5) is 4.39 Å². The van der Waals surface area contributed by atoms with Crippen LogP contribution in [0.15, 0.2) is 55.5 Å². The third-order valence-electron chi connectivity index (χ3n) is 5.96. The number of aromatic nitrogens is 2. The molecule has 0 bridgehead atoms. The second kappa shape index (κ2) is 10.9. The molecule has 0 N–H and O–H groups in total. The Morgan fingerprint density at radius 3 is 2.53 bits per heavy atom. The van der Waals surface area contributed by atoms with Crippen molar-refractivity contribution in [2.75, 3.05) is 26.2 Å². The number of rotatable bonds is 7. The van der Waals surface area contributed by atoms with Crippen LogP contribution >= 0.6 is 11.6 Å². The van der Waals surface area contributed by atoms with Gasteiger partial charge in [-0.05, 0) is 30.0 Å². The predicted octanol–water partition coefficient (Wildman–Crippen LogP) is 2.95. The second-order valence-corrected chi connectivity index (χ2v) is 8.34. The van der Waals surface area contributed by atoms with Crippen molar-refractivity contribution < 1.29 is 33.9 Å². The zero-order valence-corrected chi connectivity index (χ0v) is 21.6. The Labute approximate surface area is 216 Å². The first-order chi connectivity index (χ1) is 15.0. The topological polar surface area (TPSA) is 33.5 Å². The molecule has 0 aliphatic carbocycles. The molecular formula is C25H27ClFN4Na. The van der Waals surface area contributed by atoms with Gasteiger partial charge in [-0.15, -0.1) is 0 Å². The second-order valence-electron chi connectivity index (χ2n) is 7.96. The van der Waals surface area contributed by atoms with Crippen molar-refractivity contribution in [3.63, 3.8) is 0 Å². The van der Waals surface area contributed by atoms with Crippen LogP contribution in [0.1, 0.15) is 31.7 Å². The average Bonchev–Trinajstić information content (AvgIpc) is 3.34. The van der Waals surface area contributed by atoms with E-state index in [9.17, 15) is 4.39 Å². The van der Waals surface area contributed by atoms with Crippen molar-refractivity contribution in [1.29, 1.82) is 0 Å². The monoisotopic (exact) mass is 460 g/mol. The first-order valence-corrected chi connectivity index (χ1v) is 11.1. The minimum absolute atomic E-state index is 0. The summed E-state index contributed by atoms with van der Waals surface area (Å²) in [6.45, 7) is 14.5. The molecule has 1 aromatic carbocycles. The molecule has 4 nitrogen and oxygen atoms in total. The number of hydrogen-bond acceptors (Lipinski definition) is 3. The molecule has 32 heavy (non-hydrogen) atoms. The van der Waals surface area contributed by atoms with Crippen LogP contribution in [0.5, 0.6) is 0 Å². The summed E-state index contributed by atoms with van der Waals surface area (Å²) in [6.07, 6.45) is 6.63. The number of fused-ring (bicyclic) bond motifs is 1. The van der Waals surface area contributed by atoms with Gasteiger partial charge in [0.15, 0.2) is 5.82 Å². The van der Waals surface area contributed by atoms with Gasteiger partial charge in [0.25, 0.3) is 0 Å². The molecule has 3 aromatic rings. The van der Waals surface area contributed by atoms with E-state index in [0.717, 1.165) is 43.9 Å². The van der Waals surface area contributed by atoms with E-state index in [2.05, 4.69) is 39.8 Å². The summed E-state index contributed by atoms with van der Waals surface area (Å²) in [7, 11) is 0. The molecular weight excluding hydrogens is 434 g/mol. The van der Waals surface area contributed by atoms with Gasteiger partial charge in [0, 0.05) is 43.0 Å². The van der Waals surface area contributed by atoms with Crippen LogP contribution in [0.2, 0.25) is 5.02 Å². The molecule has 4 rings (SSSR count). The number of pyridine rings is 1. The molecule has 0 saturated carbocycles. The maximum Gasteiger partial charge on any atom is 1.00 e. The minimum atomic E-state index is -0.520. The molecule has 0 radical (unpaired) electrons. The standard InChI is InChI=1S/C25H27ClFN4.Na/c1-4-5-6-17(2)30-11-13-31(14-12-30)18(3)19-7-8-21-22(15-19)29-25(24(27)23(21)26)20-9-10-28-16-20;/h7-10,15-16H,2-6,11-14H2,1H3;/q-1;+1. The van der Waals surface area contributed by atoms with Crippen molar-refractivity contribution in [3.05, 3.63) is 71.9 Å². The van der Waals surface area contributed by atoms with E-state index >= 15 is 0 Å². The van der Waals surface area contributed by atoms with Crippen molar-refractivity contribution in [1.82, 2.24) is 19.8 Å². The predicted molar refractivity (Wildman–Crippen MR) is 126 cm³/mol. The molecule has 1 aliphatic heterocycles. The van der Waals surface area contributed by atoms with E-state index in [0.29, 0.717) is 16.5 Å². The number of nitrogens with zero attached hydrogens (tertiary/aromatic N) is 4. The Kier molecular flexibility index (Phi) is 8.45. The van der Waals surface area contributed by atoms with Crippen LogP contribution in [0, 0.1) is 5.82 Å². The molecule has 3 heterocycles. The van der Waals surface area contributed by atoms with Crippen LogP contribution in [-0.4, -0.2) is 41.0 Å². The van der Waals surface area contributed by atoms with Gasteiger partial charge in [-0.2, -0.15) is 12.4 Å². The summed E-state index contributed by atoms with van der Waals surface area (Å²) in [5, 5.41) is 0.675. The molecule has 0 spiro atoms. The van der Waals surface area contributed by atoms with Gasteiger partial charge in [-0.1, -0.05) is 56.3 Å². The van der Waals surface area contributed by atoms with Gasteiger partial charge in [-0.3, -0.25) is 0 Å². The molecule has 0 unspecified atom stereocenters. The molecule has 1 saturated heterocycles. The fourth-order valence-corrected chi connectivity index (χ4v) is 4.27. The summed E-state index contributed by atoms with van der Waals surface area (Å²) >= 11 is 6.33. The van der Waals surface area contributed by atoms with E-state index < -0.39 is 5.82 Å². The molecule has 0 amide bonds. The summed E-state index contributed by atoms with van der Waals surface area (Å²) in [5.74, 6) is -0.520. The van der Waals surface area contributed by atoms with E-state index in [1.165, 1.54) is 18.5 Å². The molecule has 162 valence electrons. The Balaban J connectivity index is 0.00000289. The fourth-order valence-electron chi connectivity index (χ4n) is 4.02. The van der Waals surface area contributed by atoms with Gasteiger partial charge in [-0.25, -0.2) is 9.37 Å². The Bertz CT molecular complexity index is 1100. The molecule has 0 atom stereocenters. The van der Waals surface area contributed by atoms with Crippen LogP contribution in [-0.2, 0) is 0 Å². The maximum atomic E-state index is 14.8. The summed E-state index contributed by atoms with van der Waals surface area (Å²) in [4.78, 5) is 13.2. The Morgan fingerprint density at radius 1 is 1.16 bits per heavy atom. The minimum Gasteiger partial charge on any atom is -0.670 e. The molecule has 7 heteroatoms. The van der Waals surface area contributed by atoms with Gasteiger partial charge in [0.1, 0.15) is 5.69 Å². The Morgan fingerprint density at radius 2 is 1.88 bits per heavy atom. The molecule has 2 aromatic heterocycles. The number of halogens is 2. The van der Waals surface area contributed by atoms with E-state index in [1.54, 1.807) is 18.5 Å². The van der Waals surface area contributed by atoms with Gasteiger partial charge in [0.2, 0.25) is 0 Å².